The largest absolute Gasteiger partial charge is 0.497 e. The fourth-order valence-electron chi connectivity index (χ4n) is 4.00. The molecule has 0 aliphatic carbocycles. The summed E-state index contributed by atoms with van der Waals surface area (Å²) in [6.07, 6.45) is 1.68. The number of ether oxygens (including phenoxy) is 2. The summed E-state index contributed by atoms with van der Waals surface area (Å²) in [6, 6.07) is 20.5. The van der Waals surface area contributed by atoms with E-state index in [-0.39, 0.29) is 12.2 Å². The monoisotopic (exact) mass is 486 g/mol. The highest BCUT2D eigenvalue weighted by atomic mass is 35.5. The van der Waals surface area contributed by atoms with E-state index in [2.05, 4.69) is 0 Å². The molecule has 0 aliphatic rings. The zero-order valence-corrected chi connectivity index (χ0v) is 20.3. The Morgan fingerprint density at radius 1 is 1.00 bits per heavy atom. The predicted molar refractivity (Wildman–Crippen MR) is 136 cm³/mol. The number of benzene rings is 2. The molecule has 5 rings (SSSR count). The van der Waals surface area contributed by atoms with E-state index in [4.69, 9.17) is 31.2 Å². The Morgan fingerprint density at radius 2 is 1.77 bits per heavy atom. The molecule has 2 aromatic carbocycles. The molecule has 0 saturated heterocycles. The van der Waals surface area contributed by atoms with Gasteiger partial charge in [0.2, 0.25) is 0 Å². The van der Waals surface area contributed by atoms with Gasteiger partial charge in [-0.3, -0.25) is 9.20 Å². The van der Waals surface area contributed by atoms with Crippen LogP contribution >= 0.6 is 11.6 Å². The fraction of sp³-hybridized carbons (Fsp3) is 0.148. The molecule has 0 unspecified atom stereocenters. The summed E-state index contributed by atoms with van der Waals surface area (Å²) >= 11 is 6.26. The quantitative estimate of drug-likeness (QED) is 0.321. The summed E-state index contributed by atoms with van der Waals surface area (Å²) in [5.74, 6) is 1.26. The number of hydrogen-bond acceptors (Lipinski definition) is 5. The second-order valence-corrected chi connectivity index (χ2v) is 8.51. The second kappa shape index (κ2) is 9.27. The Kier molecular flexibility index (Phi) is 6.01. The van der Waals surface area contributed by atoms with Gasteiger partial charge in [0, 0.05) is 22.5 Å². The van der Waals surface area contributed by atoms with E-state index in [0.717, 1.165) is 22.7 Å². The third-order valence-corrected chi connectivity index (χ3v) is 6.17. The van der Waals surface area contributed by atoms with Gasteiger partial charge in [0.1, 0.15) is 18.1 Å². The van der Waals surface area contributed by atoms with Crippen molar-refractivity contribution in [1.82, 2.24) is 19.2 Å². The van der Waals surface area contributed by atoms with Crippen LogP contribution in [0.3, 0.4) is 0 Å². The molecule has 0 amide bonds. The highest BCUT2D eigenvalue weighted by molar-refractivity contribution is 6.31. The van der Waals surface area contributed by atoms with Crippen LogP contribution in [0.5, 0.6) is 11.5 Å². The minimum Gasteiger partial charge on any atom is -0.497 e. The molecule has 7 nitrogen and oxygen atoms in total. The van der Waals surface area contributed by atoms with Crippen LogP contribution in [-0.2, 0) is 6.61 Å². The number of fused-ring (bicyclic) bond motifs is 1. The number of aryl methyl sites for hydroxylation is 2. The maximum atomic E-state index is 13.6. The van der Waals surface area contributed by atoms with Gasteiger partial charge in [-0.15, -0.1) is 0 Å². The molecule has 3 aromatic heterocycles. The average molecular weight is 487 g/mol. The molecule has 0 saturated carbocycles. The lowest BCUT2D eigenvalue weighted by Crippen LogP contribution is -2.19. The number of nitrogens with zero attached hydrogens (tertiary/aromatic N) is 4. The molecule has 0 fully saturated rings. The smallest absolute Gasteiger partial charge is 0.267 e. The van der Waals surface area contributed by atoms with E-state index < -0.39 is 0 Å². The second-order valence-electron chi connectivity index (χ2n) is 8.10. The van der Waals surface area contributed by atoms with Crippen LogP contribution in [0.4, 0.5) is 0 Å². The maximum Gasteiger partial charge on any atom is 0.267 e. The summed E-state index contributed by atoms with van der Waals surface area (Å²) in [5.41, 5.74) is 4.43. The van der Waals surface area contributed by atoms with E-state index in [0.29, 0.717) is 33.4 Å². The standard InChI is InChI=1S/C27H23ClN4O3/c1-17-15-23(30-32(17)20-10-12-21(34-3)13-11-20)25-18(2)29-26-24(9-6-14-31(26)27(25)33)35-16-19-7-4-5-8-22(19)28/h4-15H,16H2,1-3H3. The van der Waals surface area contributed by atoms with Gasteiger partial charge in [0.25, 0.3) is 5.56 Å². The Balaban J connectivity index is 1.54. The molecule has 0 aliphatic heterocycles. The highest BCUT2D eigenvalue weighted by Crippen LogP contribution is 2.26. The first-order valence-electron chi connectivity index (χ1n) is 11.1. The van der Waals surface area contributed by atoms with Crippen molar-refractivity contribution in [2.75, 3.05) is 7.11 Å². The lowest BCUT2D eigenvalue weighted by molar-refractivity contribution is 0.308. The first kappa shape index (κ1) is 22.7. The van der Waals surface area contributed by atoms with Crippen molar-refractivity contribution in [3.63, 3.8) is 0 Å². The summed E-state index contributed by atoms with van der Waals surface area (Å²) in [7, 11) is 1.63. The Bertz CT molecular complexity index is 1590. The van der Waals surface area contributed by atoms with Gasteiger partial charge < -0.3 is 9.47 Å². The molecule has 0 bridgehead atoms. The predicted octanol–water partition coefficient (Wildman–Crippen LogP) is 5.41. The van der Waals surface area contributed by atoms with Crippen molar-refractivity contribution in [2.45, 2.75) is 20.5 Å². The number of hydrogen-bond donors (Lipinski definition) is 0. The van der Waals surface area contributed by atoms with Gasteiger partial charge in [-0.25, -0.2) is 9.67 Å². The van der Waals surface area contributed by atoms with Crippen molar-refractivity contribution >= 4 is 17.2 Å². The van der Waals surface area contributed by atoms with Crippen molar-refractivity contribution in [2.24, 2.45) is 0 Å². The molecule has 0 radical (unpaired) electrons. The summed E-state index contributed by atoms with van der Waals surface area (Å²) in [6.45, 7) is 4.02. The number of methoxy groups -OCH3 is 1. The van der Waals surface area contributed by atoms with Gasteiger partial charge in [-0.2, -0.15) is 5.10 Å². The average Bonchev–Trinajstić information content (AvgIpc) is 3.24. The first-order chi connectivity index (χ1) is 17.0. The fourth-order valence-corrected chi connectivity index (χ4v) is 4.19. The summed E-state index contributed by atoms with van der Waals surface area (Å²) in [4.78, 5) is 18.3. The van der Waals surface area contributed by atoms with Crippen LogP contribution in [0.1, 0.15) is 17.0 Å². The molecular weight excluding hydrogens is 464 g/mol. The minimum atomic E-state index is -0.213. The Morgan fingerprint density at radius 3 is 2.51 bits per heavy atom. The molecule has 0 spiro atoms. The van der Waals surface area contributed by atoms with E-state index in [1.165, 1.54) is 4.40 Å². The van der Waals surface area contributed by atoms with Crippen LogP contribution in [-0.4, -0.2) is 26.3 Å². The number of halogens is 1. The van der Waals surface area contributed by atoms with E-state index in [1.54, 1.807) is 30.1 Å². The maximum absolute atomic E-state index is 13.6. The normalized spacial score (nSPS) is 11.1. The van der Waals surface area contributed by atoms with Gasteiger partial charge in [-0.05, 0) is 62.4 Å². The number of aromatic nitrogens is 4. The van der Waals surface area contributed by atoms with Crippen molar-refractivity contribution < 1.29 is 9.47 Å². The molecule has 8 heteroatoms. The van der Waals surface area contributed by atoms with Crippen LogP contribution in [0, 0.1) is 13.8 Å². The van der Waals surface area contributed by atoms with Gasteiger partial charge in [-0.1, -0.05) is 29.8 Å². The third-order valence-electron chi connectivity index (χ3n) is 5.80. The summed E-state index contributed by atoms with van der Waals surface area (Å²) in [5, 5.41) is 5.34. The van der Waals surface area contributed by atoms with Crippen LogP contribution < -0.4 is 15.0 Å². The Labute approximate surface area is 207 Å². The Hall–Kier alpha value is -4.10. The van der Waals surface area contributed by atoms with Crippen molar-refractivity contribution in [3.05, 3.63) is 105 Å². The zero-order chi connectivity index (χ0) is 24.5. The molecular formula is C27H23ClN4O3. The highest BCUT2D eigenvalue weighted by Gasteiger charge is 2.18. The van der Waals surface area contributed by atoms with Crippen LogP contribution in [0.2, 0.25) is 5.02 Å². The number of pyridine rings is 1. The minimum absolute atomic E-state index is 0.213. The molecule has 3 heterocycles. The first-order valence-corrected chi connectivity index (χ1v) is 11.4. The van der Waals surface area contributed by atoms with E-state index in [9.17, 15) is 4.79 Å². The topological polar surface area (TPSA) is 70.7 Å². The van der Waals surface area contributed by atoms with Crippen LogP contribution in [0.25, 0.3) is 22.6 Å². The lowest BCUT2D eigenvalue weighted by atomic mass is 10.1. The molecule has 5 aromatic rings. The van der Waals surface area contributed by atoms with Crippen molar-refractivity contribution in [1.29, 1.82) is 0 Å². The van der Waals surface area contributed by atoms with Crippen LogP contribution in [0.15, 0.2) is 77.7 Å². The summed E-state index contributed by atoms with van der Waals surface area (Å²) < 4.78 is 14.5. The number of rotatable bonds is 6. The van der Waals surface area contributed by atoms with E-state index >= 15 is 0 Å². The lowest BCUT2D eigenvalue weighted by Gasteiger charge is -2.12. The molecule has 176 valence electrons. The molecule has 35 heavy (non-hydrogen) atoms. The van der Waals surface area contributed by atoms with E-state index in [1.807, 2.05) is 68.4 Å². The molecule has 0 N–H and O–H groups in total. The third kappa shape index (κ3) is 4.26. The van der Waals surface area contributed by atoms with Crippen molar-refractivity contribution in [3.8, 4) is 28.4 Å². The van der Waals surface area contributed by atoms with Gasteiger partial charge >= 0.3 is 0 Å². The van der Waals surface area contributed by atoms with Gasteiger partial charge in [0.05, 0.1) is 24.1 Å². The van der Waals surface area contributed by atoms with Gasteiger partial charge in [0.15, 0.2) is 11.4 Å². The zero-order valence-electron chi connectivity index (χ0n) is 19.5. The molecule has 0 atom stereocenters. The SMILES string of the molecule is COc1ccc(-n2nc(-c3c(C)nc4c(OCc5ccccc5Cl)cccn4c3=O)cc2C)cc1.